The fraction of sp³-hybridized carbons (Fsp3) is 0. The molecule has 9 aromatic carbocycles. The van der Waals surface area contributed by atoms with E-state index in [1.54, 1.807) is 0 Å². The van der Waals surface area contributed by atoms with Crippen molar-refractivity contribution < 1.29 is 4.42 Å². The van der Waals surface area contributed by atoms with Gasteiger partial charge in [0.15, 0.2) is 0 Å². The van der Waals surface area contributed by atoms with Gasteiger partial charge in [-0.25, -0.2) is 0 Å². The van der Waals surface area contributed by atoms with E-state index in [-0.39, 0.29) is 0 Å². The van der Waals surface area contributed by atoms with Gasteiger partial charge in [0.2, 0.25) is 0 Å². The van der Waals surface area contributed by atoms with Gasteiger partial charge in [-0.1, -0.05) is 170 Å². The number of nitrogens with zero attached hydrogens (tertiary/aromatic N) is 1. The number of furan rings is 1. The molecule has 10 aromatic rings. The second-order valence-corrected chi connectivity index (χ2v) is 13.7. The van der Waals surface area contributed by atoms with Crippen molar-refractivity contribution in [3.63, 3.8) is 0 Å². The van der Waals surface area contributed by atoms with Gasteiger partial charge in [-0.15, -0.1) is 0 Å². The first kappa shape index (κ1) is 31.6. The summed E-state index contributed by atoms with van der Waals surface area (Å²) in [5.74, 6) is 0. The Morgan fingerprint density at radius 3 is 1.46 bits per heavy atom. The second kappa shape index (κ2) is 13.4. The normalized spacial score (nSPS) is 11.3. The van der Waals surface area contributed by atoms with Crippen LogP contribution in [0.2, 0.25) is 0 Å². The van der Waals surface area contributed by atoms with Gasteiger partial charge in [-0.3, -0.25) is 0 Å². The highest BCUT2D eigenvalue weighted by Crippen LogP contribution is 2.47. The second-order valence-electron chi connectivity index (χ2n) is 13.7. The minimum Gasteiger partial charge on any atom is -0.455 e. The van der Waals surface area contributed by atoms with Crippen molar-refractivity contribution in [1.82, 2.24) is 0 Å². The average molecular weight is 690 g/mol. The Hall–Kier alpha value is -7.16. The van der Waals surface area contributed by atoms with Crippen LogP contribution in [-0.4, -0.2) is 0 Å². The Bertz CT molecular complexity index is 2810. The number of hydrogen-bond donors (Lipinski definition) is 0. The van der Waals surface area contributed by atoms with Crippen molar-refractivity contribution in [2.75, 3.05) is 4.90 Å². The van der Waals surface area contributed by atoms with Crippen LogP contribution in [0.25, 0.3) is 77.2 Å². The van der Waals surface area contributed by atoms with E-state index in [4.69, 9.17) is 4.42 Å². The predicted molar refractivity (Wildman–Crippen MR) is 228 cm³/mol. The average Bonchev–Trinajstić information content (AvgIpc) is 3.65. The third kappa shape index (κ3) is 5.62. The van der Waals surface area contributed by atoms with E-state index in [9.17, 15) is 0 Å². The predicted octanol–water partition coefficient (Wildman–Crippen LogP) is 14.9. The van der Waals surface area contributed by atoms with Gasteiger partial charge in [0.25, 0.3) is 0 Å². The smallest absolute Gasteiger partial charge is 0.143 e. The molecule has 0 amide bonds. The third-order valence-electron chi connectivity index (χ3n) is 10.5. The van der Waals surface area contributed by atoms with E-state index in [0.717, 1.165) is 61.1 Å². The Morgan fingerprint density at radius 2 is 0.852 bits per heavy atom. The number of hydrogen-bond acceptors (Lipinski definition) is 2. The molecule has 0 N–H and O–H groups in total. The molecule has 0 atom stereocenters. The molecular formula is C52H35NO. The van der Waals surface area contributed by atoms with Crippen molar-refractivity contribution in [3.05, 3.63) is 212 Å². The van der Waals surface area contributed by atoms with Crippen molar-refractivity contribution in [2.24, 2.45) is 0 Å². The quantitative estimate of drug-likeness (QED) is 0.166. The molecule has 0 aliphatic heterocycles. The highest BCUT2D eigenvalue weighted by atomic mass is 16.3. The lowest BCUT2D eigenvalue weighted by molar-refractivity contribution is 0.673. The maximum absolute atomic E-state index is 6.69. The third-order valence-corrected chi connectivity index (χ3v) is 10.5. The highest BCUT2D eigenvalue weighted by Gasteiger charge is 2.22. The van der Waals surface area contributed by atoms with Crippen molar-refractivity contribution in [1.29, 1.82) is 0 Å². The molecule has 2 heteroatoms. The van der Waals surface area contributed by atoms with E-state index >= 15 is 0 Å². The molecule has 254 valence electrons. The van der Waals surface area contributed by atoms with Crippen molar-refractivity contribution >= 4 is 49.8 Å². The van der Waals surface area contributed by atoms with Crippen LogP contribution in [0.1, 0.15) is 0 Å². The topological polar surface area (TPSA) is 16.4 Å². The summed E-state index contributed by atoms with van der Waals surface area (Å²) in [6, 6.07) is 75.9. The molecule has 2 nitrogen and oxygen atoms in total. The lowest BCUT2D eigenvalue weighted by Gasteiger charge is -2.29. The van der Waals surface area contributed by atoms with Crippen molar-refractivity contribution in [2.45, 2.75) is 0 Å². The van der Waals surface area contributed by atoms with Gasteiger partial charge >= 0.3 is 0 Å². The van der Waals surface area contributed by atoms with Crippen LogP contribution < -0.4 is 4.90 Å². The lowest BCUT2D eigenvalue weighted by atomic mass is 9.93. The molecule has 0 aliphatic rings. The van der Waals surface area contributed by atoms with E-state index in [1.807, 2.05) is 0 Å². The van der Waals surface area contributed by atoms with Gasteiger partial charge in [0.05, 0.1) is 5.69 Å². The summed E-state index contributed by atoms with van der Waals surface area (Å²) in [7, 11) is 0. The highest BCUT2D eigenvalue weighted by molar-refractivity contribution is 6.19. The molecule has 54 heavy (non-hydrogen) atoms. The molecule has 10 rings (SSSR count). The van der Waals surface area contributed by atoms with E-state index < -0.39 is 0 Å². The molecule has 0 fully saturated rings. The zero-order valence-electron chi connectivity index (χ0n) is 29.6. The summed E-state index contributed by atoms with van der Waals surface area (Å²) in [6.45, 7) is 0. The minimum atomic E-state index is 0.878. The summed E-state index contributed by atoms with van der Waals surface area (Å²) in [5, 5.41) is 4.52. The number of anilines is 3. The summed E-state index contributed by atoms with van der Waals surface area (Å²) in [5.41, 5.74) is 14.3. The summed E-state index contributed by atoms with van der Waals surface area (Å²) in [4.78, 5) is 2.40. The Morgan fingerprint density at radius 1 is 0.333 bits per heavy atom. The van der Waals surface area contributed by atoms with Gasteiger partial charge in [0, 0.05) is 33.1 Å². The summed E-state index contributed by atoms with van der Waals surface area (Å²) >= 11 is 0. The number of fused-ring (bicyclic) bond motifs is 5. The fourth-order valence-electron chi connectivity index (χ4n) is 7.83. The van der Waals surface area contributed by atoms with Gasteiger partial charge in [-0.05, 0) is 86.8 Å². The Kier molecular flexibility index (Phi) is 7.85. The van der Waals surface area contributed by atoms with Crippen LogP contribution in [0.15, 0.2) is 217 Å². The maximum atomic E-state index is 6.69. The molecule has 0 spiro atoms. The standard InChI is InChI=1S/C52H35NO/c1-4-13-36(14-5-1)39-23-29-43(30-24-39)53(44-31-25-40(26-32-44)37-15-6-2-7-16-37)49-35-42(38-17-8-3-9-18-38)28-33-46(49)47-21-12-22-50-51(47)48-34-27-41-19-10-11-20-45(41)52(48)54-50/h1-35H. The van der Waals surface area contributed by atoms with Crippen LogP contribution in [0.5, 0.6) is 0 Å². The molecule has 1 aromatic heterocycles. The van der Waals surface area contributed by atoms with Crippen molar-refractivity contribution in [3.8, 4) is 44.5 Å². The van der Waals surface area contributed by atoms with E-state index in [2.05, 4.69) is 217 Å². The largest absolute Gasteiger partial charge is 0.455 e. The van der Waals surface area contributed by atoms with Crippen LogP contribution in [0.3, 0.4) is 0 Å². The molecule has 0 bridgehead atoms. The molecular weight excluding hydrogens is 655 g/mol. The molecule has 0 saturated carbocycles. The van der Waals surface area contributed by atoms with Crippen LogP contribution in [0, 0.1) is 0 Å². The van der Waals surface area contributed by atoms with E-state index in [1.165, 1.54) is 33.2 Å². The first-order valence-corrected chi connectivity index (χ1v) is 18.4. The SMILES string of the molecule is c1ccc(-c2ccc(N(c3ccc(-c4ccccc4)cc3)c3cc(-c4ccccc4)ccc3-c3cccc4oc5c6ccccc6ccc5c34)cc2)cc1. The minimum absolute atomic E-state index is 0.878. The zero-order chi connectivity index (χ0) is 35.8. The molecule has 0 unspecified atom stereocenters. The first-order valence-electron chi connectivity index (χ1n) is 18.4. The maximum Gasteiger partial charge on any atom is 0.143 e. The number of benzene rings is 9. The van der Waals surface area contributed by atoms with Crippen LogP contribution in [-0.2, 0) is 0 Å². The van der Waals surface area contributed by atoms with Gasteiger partial charge < -0.3 is 9.32 Å². The summed E-state index contributed by atoms with van der Waals surface area (Å²) in [6.07, 6.45) is 0. The summed E-state index contributed by atoms with van der Waals surface area (Å²) < 4.78 is 6.69. The lowest BCUT2D eigenvalue weighted by Crippen LogP contribution is -2.11. The number of rotatable bonds is 7. The van der Waals surface area contributed by atoms with E-state index in [0.29, 0.717) is 0 Å². The van der Waals surface area contributed by atoms with Gasteiger partial charge in [0.1, 0.15) is 11.2 Å². The van der Waals surface area contributed by atoms with Crippen LogP contribution in [0.4, 0.5) is 17.1 Å². The zero-order valence-corrected chi connectivity index (χ0v) is 29.6. The Balaban J connectivity index is 1.22. The molecule has 0 aliphatic carbocycles. The monoisotopic (exact) mass is 689 g/mol. The molecule has 0 saturated heterocycles. The van der Waals surface area contributed by atoms with Gasteiger partial charge in [-0.2, -0.15) is 0 Å². The molecule has 1 heterocycles. The fourth-order valence-corrected chi connectivity index (χ4v) is 7.83. The molecule has 0 radical (unpaired) electrons. The van der Waals surface area contributed by atoms with Crippen LogP contribution >= 0.6 is 0 Å². The Labute approximate surface area is 314 Å². The first-order chi connectivity index (χ1) is 26.8.